The Morgan fingerprint density at radius 1 is 1.21 bits per heavy atom. The zero-order valence-corrected chi connectivity index (χ0v) is 13.8. The maximum atomic E-state index is 13.1. The summed E-state index contributed by atoms with van der Waals surface area (Å²) in [6.07, 6.45) is 0. The number of carbonyl (C=O) groups is 2. The summed E-state index contributed by atoms with van der Waals surface area (Å²) in [5.41, 5.74) is 2.16. The fraction of sp³-hybridized carbons (Fsp3) is 0.176. The largest absolute Gasteiger partial charge is 0.350 e. The van der Waals surface area contributed by atoms with Gasteiger partial charge < -0.3 is 15.2 Å². The zero-order chi connectivity index (χ0) is 17.1. The summed E-state index contributed by atoms with van der Waals surface area (Å²) in [6, 6.07) is 9.76. The molecule has 7 heteroatoms. The van der Waals surface area contributed by atoms with E-state index in [1.165, 1.54) is 12.1 Å². The number of hydrogen-bond donors (Lipinski definition) is 2. The number of aryl methyl sites for hydroxylation is 1. The average Bonchev–Trinajstić information content (AvgIpc) is 3.14. The molecule has 0 aliphatic heterocycles. The first-order chi connectivity index (χ1) is 11.5. The van der Waals surface area contributed by atoms with E-state index in [4.69, 9.17) is 0 Å². The first-order valence-corrected chi connectivity index (χ1v) is 8.25. The third-order valence-electron chi connectivity index (χ3n) is 3.68. The Labute approximate surface area is 142 Å². The fourth-order valence-corrected chi connectivity index (χ4v) is 3.28. The van der Waals surface area contributed by atoms with Gasteiger partial charge in [-0.15, -0.1) is 11.3 Å². The van der Waals surface area contributed by atoms with Gasteiger partial charge in [0.05, 0.1) is 16.8 Å². The first-order valence-electron chi connectivity index (χ1n) is 7.37. The Morgan fingerprint density at radius 3 is 2.79 bits per heavy atom. The first kappa shape index (κ1) is 16.2. The summed E-state index contributed by atoms with van der Waals surface area (Å²) in [5, 5.41) is 7.21. The summed E-state index contributed by atoms with van der Waals surface area (Å²) >= 11 is 1.56. The summed E-state index contributed by atoms with van der Waals surface area (Å²) in [7, 11) is 1.81. The van der Waals surface area contributed by atoms with E-state index in [1.54, 1.807) is 34.1 Å². The van der Waals surface area contributed by atoms with Gasteiger partial charge in [0.25, 0.3) is 5.91 Å². The van der Waals surface area contributed by atoms with Gasteiger partial charge in [-0.3, -0.25) is 9.59 Å². The van der Waals surface area contributed by atoms with Gasteiger partial charge in [-0.1, -0.05) is 12.1 Å². The predicted molar refractivity (Wildman–Crippen MR) is 91.4 cm³/mol. The third-order valence-corrected chi connectivity index (χ3v) is 4.54. The fourth-order valence-electron chi connectivity index (χ4n) is 2.43. The van der Waals surface area contributed by atoms with Crippen LogP contribution in [0.1, 0.15) is 16.1 Å². The molecule has 0 saturated heterocycles. The highest BCUT2D eigenvalue weighted by molar-refractivity contribution is 7.17. The lowest BCUT2D eigenvalue weighted by molar-refractivity contribution is -0.120. The van der Waals surface area contributed by atoms with Crippen LogP contribution >= 0.6 is 11.3 Å². The molecule has 0 radical (unpaired) electrons. The van der Waals surface area contributed by atoms with Crippen LogP contribution in [0.4, 0.5) is 4.39 Å². The normalized spacial score (nSPS) is 10.8. The molecule has 0 fully saturated rings. The molecule has 2 aromatic heterocycles. The van der Waals surface area contributed by atoms with Gasteiger partial charge in [-0.25, -0.2) is 4.39 Å². The monoisotopic (exact) mass is 345 g/mol. The van der Waals surface area contributed by atoms with Crippen molar-refractivity contribution >= 4 is 33.4 Å². The highest BCUT2D eigenvalue weighted by Crippen LogP contribution is 2.23. The number of carbonyl (C=O) groups excluding carboxylic acids is 2. The molecule has 0 atom stereocenters. The van der Waals surface area contributed by atoms with Crippen molar-refractivity contribution in [3.05, 3.63) is 58.9 Å². The second-order valence-electron chi connectivity index (χ2n) is 5.35. The smallest absolute Gasteiger partial charge is 0.268 e. The van der Waals surface area contributed by atoms with Gasteiger partial charge in [0.15, 0.2) is 0 Å². The molecule has 5 nitrogen and oxygen atoms in total. The SMILES string of the molecule is Cn1c(C(=O)NCC(=O)NCc2cccc(F)c2)cc2sccc21. The van der Waals surface area contributed by atoms with E-state index in [1.807, 2.05) is 18.5 Å². The minimum Gasteiger partial charge on any atom is -0.350 e. The van der Waals surface area contributed by atoms with Crippen molar-refractivity contribution in [2.24, 2.45) is 7.05 Å². The quantitative estimate of drug-likeness (QED) is 0.746. The molecule has 1 aromatic carbocycles. The number of fused-ring (bicyclic) bond motifs is 1. The molecule has 3 aromatic rings. The number of aromatic nitrogens is 1. The number of rotatable bonds is 5. The Morgan fingerprint density at radius 2 is 2.04 bits per heavy atom. The van der Waals surface area contributed by atoms with E-state index >= 15 is 0 Å². The summed E-state index contributed by atoms with van der Waals surface area (Å²) in [6.45, 7) is 0.0827. The lowest BCUT2D eigenvalue weighted by atomic mass is 10.2. The lowest BCUT2D eigenvalue weighted by Gasteiger charge is -2.08. The van der Waals surface area contributed by atoms with Crippen LogP contribution in [0.15, 0.2) is 41.8 Å². The number of thiophene rings is 1. The van der Waals surface area contributed by atoms with E-state index in [9.17, 15) is 14.0 Å². The second kappa shape index (κ2) is 6.84. The predicted octanol–water partition coefficient (Wildman–Crippen LogP) is 2.43. The van der Waals surface area contributed by atoms with Crippen LogP contribution in [0.5, 0.6) is 0 Å². The van der Waals surface area contributed by atoms with E-state index in [0.717, 1.165) is 10.2 Å². The molecule has 2 heterocycles. The Hall–Kier alpha value is -2.67. The van der Waals surface area contributed by atoms with Crippen molar-refractivity contribution in [3.8, 4) is 0 Å². The van der Waals surface area contributed by atoms with Gasteiger partial charge in [-0.2, -0.15) is 0 Å². The number of nitrogens with one attached hydrogen (secondary N) is 2. The average molecular weight is 345 g/mol. The molecule has 3 rings (SSSR count). The minimum absolute atomic E-state index is 0.132. The molecule has 124 valence electrons. The number of benzene rings is 1. The van der Waals surface area contributed by atoms with E-state index < -0.39 is 0 Å². The molecule has 0 saturated carbocycles. The van der Waals surface area contributed by atoms with Crippen LogP contribution in [0.3, 0.4) is 0 Å². The minimum atomic E-state index is -0.348. The highest BCUT2D eigenvalue weighted by Gasteiger charge is 2.14. The second-order valence-corrected chi connectivity index (χ2v) is 6.30. The standard InChI is InChI=1S/C17H16FN3O2S/c1-21-13-5-6-24-15(13)8-14(21)17(23)20-10-16(22)19-9-11-3-2-4-12(18)7-11/h2-8H,9-10H2,1H3,(H,19,22)(H,20,23). The molecular formula is C17H16FN3O2S. The van der Waals surface area contributed by atoms with Crippen LogP contribution in [0, 0.1) is 5.82 Å². The molecule has 24 heavy (non-hydrogen) atoms. The topological polar surface area (TPSA) is 63.1 Å². The molecular weight excluding hydrogens is 329 g/mol. The molecule has 0 unspecified atom stereocenters. The van der Waals surface area contributed by atoms with Gasteiger partial charge in [0, 0.05) is 13.6 Å². The van der Waals surface area contributed by atoms with Crippen molar-refractivity contribution in [2.75, 3.05) is 6.54 Å². The number of amides is 2. The highest BCUT2D eigenvalue weighted by atomic mass is 32.1. The van der Waals surface area contributed by atoms with Gasteiger partial charge >= 0.3 is 0 Å². The van der Waals surface area contributed by atoms with Crippen molar-refractivity contribution in [3.63, 3.8) is 0 Å². The van der Waals surface area contributed by atoms with Crippen LogP contribution in [0.25, 0.3) is 10.2 Å². The van der Waals surface area contributed by atoms with Crippen molar-refractivity contribution in [2.45, 2.75) is 6.54 Å². The summed E-state index contributed by atoms with van der Waals surface area (Å²) in [4.78, 5) is 24.0. The Bertz CT molecular complexity index is 900. The van der Waals surface area contributed by atoms with Crippen molar-refractivity contribution in [1.82, 2.24) is 15.2 Å². The van der Waals surface area contributed by atoms with E-state index in [2.05, 4.69) is 10.6 Å². The van der Waals surface area contributed by atoms with Gasteiger partial charge in [0.2, 0.25) is 5.91 Å². The van der Waals surface area contributed by atoms with Crippen molar-refractivity contribution < 1.29 is 14.0 Å². The van der Waals surface area contributed by atoms with E-state index in [-0.39, 0.29) is 30.7 Å². The van der Waals surface area contributed by atoms with Crippen LogP contribution < -0.4 is 10.6 Å². The number of nitrogens with zero attached hydrogens (tertiary/aromatic N) is 1. The maximum absolute atomic E-state index is 13.1. The third kappa shape index (κ3) is 3.46. The number of halogens is 1. The lowest BCUT2D eigenvalue weighted by Crippen LogP contribution is -2.37. The molecule has 0 aliphatic carbocycles. The summed E-state index contributed by atoms with van der Waals surface area (Å²) in [5.74, 6) is -0.982. The molecule has 0 spiro atoms. The van der Waals surface area contributed by atoms with Crippen LogP contribution in [-0.4, -0.2) is 22.9 Å². The molecule has 0 aliphatic rings. The van der Waals surface area contributed by atoms with Crippen LogP contribution in [-0.2, 0) is 18.4 Å². The number of hydrogen-bond acceptors (Lipinski definition) is 3. The Balaban J connectivity index is 1.53. The Kier molecular flexibility index (Phi) is 4.61. The van der Waals surface area contributed by atoms with Crippen LogP contribution in [0.2, 0.25) is 0 Å². The van der Waals surface area contributed by atoms with E-state index in [0.29, 0.717) is 11.3 Å². The van der Waals surface area contributed by atoms with Gasteiger partial charge in [-0.05, 0) is 35.2 Å². The molecule has 0 bridgehead atoms. The van der Waals surface area contributed by atoms with Crippen molar-refractivity contribution in [1.29, 1.82) is 0 Å². The molecule has 2 N–H and O–H groups in total. The summed E-state index contributed by atoms with van der Waals surface area (Å²) < 4.78 is 15.9. The maximum Gasteiger partial charge on any atom is 0.268 e. The zero-order valence-electron chi connectivity index (χ0n) is 13.0. The molecule has 2 amide bonds. The van der Waals surface area contributed by atoms with Gasteiger partial charge in [0.1, 0.15) is 11.5 Å².